The predicted molar refractivity (Wildman–Crippen MR) is 92.6 cm³/mol. The summed E-state index contributed by atoms with van der Waals surface area (Å²) in [6.45, 7) is 3.14. The summed E-state index contributed by atoms with van der Waals surface area (Å²) in [6, 6.07) is 7.86. The molecule has 1 saturated heterocycles. The van der Waals surface area contributed by atoms with Crippen LogP contribution in [0.1, 0.15) is 25.6 Å². The fraction of sp³-hybridized carbons (Fsp3) is 0.529. The third-order valence-corrected chi connectivity index (χ3v) is 5.23. The van der Waals surface area contributed by atoms with Gasteiger partial charge in [-0.2, -0.15) is 18.2 Å². The monoisotopic (exact) mass is 387 g/mol. The lowest BCUT2D eigenvalue weighted by atomic mass is 9.92. The molecule has 142 valence electrons. The third-order valence-electron chi connectivity index (χ3n) is 4.51. The molecule has 2 heterocycles. The summed E-state index contributed by atoms with van der Waals surface area (Å²) in [6.07, 6.45) is -0.990. The van der Waals surface area contributed by atoms with Crippen LogP contribution in [0, 0.1) is 5.92 Å². The molecular weight excluding hydrogens is 367 g/mol. The summed E-state index contributed by atoms with van der Waals surface area (Å²) in [4.78, 5) is 6.29. The Kier molecular flexibility index (Phi) is 5.64. The van der Waals surface area contributed by atoms with E-state index in [0.29, 0.717) is 19.0 Å². The van der Waals surface area contributed by atoms with Crippen LogP contribution in [-0.2, 0) is 6.18 Å². The van der Waals surface area contributed by atoms with Crippen molar-refractivity contribution in [2.75, 3.05) is 24.2 Å². The lowest BCUT2D eigenvalue weighted by molar-refractivity contribution is -0.146. The van der Waals surface area contributed by atoms with Crippen LogP contribution in [0.3, 0.4) is 0 Å². The maximum atomic E-state index is 12.6. The Morgan fingerprint density at radius 1 is 1.31 bits per heavy atom. The highest BCUT2D eigenvalue weighted by molar-refractivity contribution is 7.98. The Balaban J connectivity index is 1.55. The normalized spacial score (nSPS) is 17.3. The van der Waals surface area contributed by atoms with Gasteiger partial charge < -0.3 is 14.2 Å². The fourth-order valence-electron chi connectivity index (χ4n) is 3.00. The maximum Gasteiger partial charge on any atom is 0.455 e. The maximum absolute atomic E-state index is 12.6. The van der Waals surface area contributed by atoms with Gasteiger partial charge in [-0.1, -0.05) is 6.07 Å². The Morgan fingerprint density at radius 3 is 2.65 bits per heavy atom. The minimum atomic E-state index is -4.59. The van der Waals surface area contributed by atoms with E-state index >= 15 is 0 Å². The number of piperidine rings is 1. The van der Waals surface area contributed by atoms with Crippen molar-refractivity contribution < 1.29 is 22.4 Å². The van der Waals surface area contributed by atoms with Gasteiger partial charge in [-0.15, -0.1) is 11.8 Å². The van der Waals surface area contributed by atoms with Crippen LogP contribution in [0.4, 0.5) is 19.2 Å². The molecule has 0 amide bonds. The van der Waals surface area contributed by atoms with Crippen LogP contribution < -0.4 is 9.64 Å². The number of hydrogen-bond donors (Lipinski definition) is 0. The Morgan fingerprint density at radius 2 is 2.04 bits per heavy atom. The standard InChI is InChI=1S/C17H20F3N3O2S/c1-11(24-13-4-3-5-14(10-13)26-2)12-6-8-23(9-7-12)16-21-15(22-25-16)17(18,19)20/h3-5,10-12H,6-9H2,1-2H3. The fourth-order valence-corrected chi connectivity index (χ4v) is 3.45. The van der Waals surface area contributed by atoms with Crippen molar-refractivity contribution in [3.63, 3.8) is 0 Å². The predicted octanol–water partition coefficient (Wildman–Crippen LogP) is 4.49. The number of rotatable bonds is 5. The van der Waals surface area contributed by atoms with Gasteiger partial charge in [0.15, 0.2) is 0 Å². The SMILES string of the molecule is CSc1cccc(OC(C)C2CCN(c3nc(C(F)(F)F)no3)CC2)c1. The van der Waals surface area contributed by atoms with E-state index in [-0.39, 0.29) is 12.1 Å². The zero-order valence-corrected chi connectivity index (χ0v) is 15.3. The smallest absolute Gasteiger partial charge is 0.455 e. The highest BCUT2D eigenvalue weighted by Crippen LogP contribution is 2.31. The minimum absolute atomic E-state index is 0.0164. The first kappa shape index (κ1) is 18.9. The van der Waals surface area contributed by atoms with E-state index in [4.69, 9.17) is 9.26 Å². The molecule has 0 N–H and O–H groups in total. The molecule has 0 bridgehead atoms. The van der Waals surface area contributed by atoms with E-state index in [2.05, 4.69) is 10.1 Å². The van der Waals surface area contributed by atoms with Crippen molar-refractivity contribution in [1.29, 1.82) is 0 Å². The molecule has 26 heavy (non-hydrogen) atoms. The number of anilines is 1. The summed E-state index contributed by atoms with van der Waals surface area (Å²) in [5.41, 5.74) is 0. The number of aromatic nitrogens is 2. The molecule has 2 aromatic rings. The van der Waals surface area contributed by atoms with Gasteiger partial charge in [0, 0.05) is 18.0 Å². The van der Waals surface area contributed by atoms with E-state index in [1.807, 2.05) is 37.4 Å². The quantitative estimate of drug-likeness (QED) is 0.705. The summed E-state index contributed by atoms with van der Waals surface area (Å²) < 4.78 is 48.5. The largest absolute Gasteiger partial charge is 0.490 e. The van der Waals surface area contributed by atoms with E-state index in [1.165, 1.54) is 0 Å². The first-order chi connectivity index (χ1) is 12.4. The van der Waals surface area contributed by atoms with Gasteiger partial charge in [-0.05, 0) is 55.3 Å². The van der Waals surface area contributed by atoms with Gasteiger partial charge >= 0.3 is 12.2 Å². The first-order valence-electron chi connectivity index (χ1n) is 8.33. The molecule has 0 aliphatic carbocycles. The van der Waals surface area contributed by atoms with E-state index < -0.39 is 12.0 Å². The molecule has 1 unspecified atom stereocenters. The number of ether oxygens (including phenoxy) is 1. The van der Waals surface area contributed by atoms with Gasteiger partial charge in [0.2, 0.25) is 0 Å². The molecule has 1 aromatic carbocycles. The van der Waals surface area contributed by atoms with E-state index in [0.717, 1.165) is 23.5 Å². The summed E-state index contributed by atoms with van der Waals surface area (Å²) >= 11 is 1.66. The molecule has 1 fully saturated rings. The van der Waals surface area contributed by atoms with E-state index in [1.54, 1.807) is 16.7 Å². The molecule has 1 aromatic heterocycles. The second-order valence-electron chi connectivity index (χ2n) is 6.22. The second kappa shape index (κ2) is 7.77. The molecule has 1 aliphatic heterocycles. The van der Waals surface area contributed by atoms with Gasteiger partial charge in [-0.25, -0.2) is 0 Å². The van der Waals surface area contributed by atoms with Crippen LogP contribution in [0.25, 0.3) is 0 Å². The average Bonchev–Trinajstić information content (AvgIpc) is 3.12. The van der Waals surface area contributed by atoms with Crippen LogP contribution in [-0.4, -0.2) is 35.6 Å². The Labute approximate surface area is 153 Å². The first-order valence-corrected chi connectivity index (χ1v) is 9.56. The van der Waals surface area contributed by atoms with E-state index in [9.17, 15) is 13.2 Å². The topological polar surface area (TPSA) is 51.4 Å². The lowest BCUT2D eigenvalue weighted by Crippen LogP contribution is -2.38. The van der Waals surface area contributed by atoms with Crippen LogP contribution >= 0.6 is 11.8 Å². The zero-order valence-electron chi connectivity index (χ0n) is 14.5. The Bertz CT molecular complexity index is 730. The summed E-state index contributed by atoms with van der Waals surface area (Å²) in [5.74, 6) is -0.0901. The minimum Gasteiger partial charge on any atom is -0.490 e. The number of thioether (sulfide) groups is 1. The average molecular weight is 387 g/mol. The van der Waals surface area contributed by atoms with Crippen LogP contribution in [0.5, 0.6) is 5.75 Å². The molecule has 1 aliphatic rings. The van der Waals surface area contributed by atoms with Crippen molar-refractivity contribution in [3.8, 4) is 5.75 Å². The highest BCUT2D eigenvalue weighted by atomic mass is 32.2. The third kappa shape index (κ3) is 4.44. The molecule has 3 rings (SSSR count). The number of hydrogen-bond acceptors (Lipinski definition) is 6. The van der Waals surface area contributed by atoms with Gasteiger partial charge in [0.1, 0.15) is 5.75 Å². The Hall–Kier alpha value is -1.90. The van der Waals surface area contributed by atoms with Crippen molar-refractivity contribution in [1.82, 2.24) is 10.1 Å². The molecule has 0 saturated carbocycles. The van der Waals surface area contributed by atoms with Crippen molar-refractivity contribution >= 4 is 17.8 Å². The van der Waals surface area contributed by atoms with Crippen LogP contribution in [0.2, 0.25) is 0 Å². The molecule has 1 atom stereocenters. The molecular formula is C17H20F3N3O2S. The second-order valence-corrected chi connectivity index (χ2v) is 7.10. The molecule has 9 heteroatoms. The summed E-state index contributed by atoms with van der Waals surface area (Å²) in [7, 11) is 0. The van der Waals surface area contributed by atoms with Crippen LogP contribution in [0.15, 0.2) is 33.7 Å². The molecule has 5 nitrogen and oxygen atoms in total. The highest BCUT2D eigenvalue weighted by Gasteiger charge is 2.38. The van der Waals surface area contributed by atoms with Gasteiger partial charge in [-0.3, -0.25) is 0 Å². The number of nitrogens with zero attached hydrogens (tertiary/aromatic N) is 3. The van der Waals surface area contributed by atoms with Gasteiger partial charge in [0.25, 0.3) is 5.82 Å². The number of halogens is 3. The summed E-state index contributed by atoms with van der Waals surface area (Å²) in [5, 5.41) is 3.01. The number of benzene rings is 1. The van der Waals surface area contributed by atoms with Gasteiger partial charge in [0.05, 0.1) is 6.10 Å². The van der Waals surface area contributed by atoms with Crippen molar-refractivity contribution in [2.45, 2.75) is 36.9 Å². The lowest BCUT2D eigenvalue weighted by Gasteiger charge is -2.33. The molecule has 0 radical (unpaired) electrons. The van der Waals surface area contributed by atoms with Crippen molar-refractivity contribution in [2.24, 2.45) is 5.92 Å². The van der Waals surface area contributed by atoms with Crippen molar-refractivity contribution in [3.05, 3.63) is 30.1 Å². The number of alkyl halides is 3. The zero-order chi connectivity index (χ0) is 18.7. The molecule has 0 spiro atoms.